The molecule has 0 heterocycles. The molecule has 19 heavy (non-hydrogen) atoms. The molecule has 10 nitrogen and oxygen atoms in total. The zero-order valence-electron chi connectivity index (χ0n) is 9.21. The van der Waals surface area contributed by atoms with E-state index in [2.05, 4.69) is 11.3 Å². The number of hydrogen-bond acceptors (Lipinski definition) is 7. The highest BCUT2D eigenvalue weighted by Crippen LogP contribution is 2.09. The predicted molar refractivity (Wildman–Crippen MR) is 59.2 cm³/mol. The summed E-state index contributed by atoms with van der Waals surface area (Å²) in [7, 11) is -10.5. The first-order valence-electron chi connectivity index (χ1n) is 4.35. The number of rotatable bonds is 7. The number of aliphatic carboxylic acids is 1. The van der Waals surface area contributed by atoms with Crippen molar-refractivity contribution in [2.75, 3.05) is 6.61 Å². The van der Waals surface area contributed by atoms with Gasteiger partial charge in [0.2, 0.25) is 4.58 Å². The lowest BCUT2D eigenvalue weighted by Gasteiger charge is -2.11. The Morgan fingerprint density at radius 2 is 1.53 bits per heavy atom. The maximum Gasteiger partial charge on any atom is 0.334 e. The number of esters is 1. The van der Waals surface area contributed by atoms with Gasteiger partial charge in [-0.15, -0.1) is 0 Å². The number of carbonyl (C=O) groups excluding carboxylic acids is 1. The van der Waals surface area contributed by atoms with E-state index < -0.39 is 55.4 Å². The van der Waals surface area contributed by atoms with E-state index >= 15 is 0 Å². The Bertz CT molecular complexity index is 551. The summed E-state index contributed by atoms with van der Waals surface area (Å²) in [6.07, 6.45) is -0.804. The molecule has 0 aliphatic carbocycles. The van der Waals surface area contributed by atoms with Crippen molar-refractivity contribution >= 4 is 32.2 Å². The van der Waals surface area contributed by atoms with Crippen LogP contribution in [0.5, 0.6) is 0 Å². The van der Waals surface area contributed by atoms with Crippen molar-refractivity contribution in [1.29, 1.82) is 0 Å². The average Bonchev–Trinajstić information content (AvgIpc) is 2.11. The van der Waals surface area contributed by atoms with Crippen LogP contribution >= 0.6 is 0 Å². The largest absolute Gasteiger partial charge is 0.481 e. The first-order valence-corrected chi connectivity index (χ1v) is 7.35. The van der Waals surface area contributed by atoms with Gasteiger partial charge in [0, 0.05) is 5.57 Å². The molecule has 0 spiro atoms. The van der Waals surface area contributed by atoms with Crippen LogP contribution in [0.3, 0.4) is 0 Å². The smallest absolute Gasteiger partial charge is 0.334 e. The molecule has 110 valence electrons. The van der Waals surface area contributed by atoms with Gasteiger partial charge in [-0.05, 0) is 0 Å². The second-order valence-corrected chi connectivity index (χ2v) is 6.73. The maximum absolute atomic E-state index is 11.1. The highest BCUT2D eigenvalue weighted by molar-refractivity contribution is 8.04. The maximum atomic E-state index is 11.1. The molecule has 3 N–H and O–H groups in total. The van der Waals surface area contributed by atoms with Crippen LogP contribution in [0, 0.1) is 0 Å². The Balaban J connectivity index is 4.82. The number of carboxylic acids is 1. The van der Waals surface area contributed by atoms with Gasteiger partial charge in [-0.3, -0.25) is 13.9 Å². The lowest BCUT2D eigenvalue weighted by atomic mass is 10.2. The van der Waals surface area contributed by atoms with E-state index in [0.29, 0.717) is 0 Å². The molecule has 12 heteroatoms. The number of ether oxygens (including phenoxy) is 1. The van der Waals surface area contributed by atoms with Crippen molar-refractivity contribution in [3.8, 4) is 0 Å². The summed E-state index contributed by atoms with van der Waals surface area (Å²) in [6.45, 7) is 1.61. The van der Waals surface area contributed by atoms with E-state index in [1.54, 1.807) is 0 Å². The van der Waals surface area contributed by atoms with Gasteiger partial charge in [0.1, 0.15) is 6.61 Å². The topological polar surface area (TPSA) is 172 Å². The highest BCUT2D eigenvalue weighted by Gasteiger charge is 2.37. The zero-order chi connectivity index (χ0) is 15.4. The third-order valence-corrected chi connectivity index (χ3v) is 4.73. The van der Waals surface area contributed by atoms with E-state index in [-0.39, 0.29) is 0 Å². The molecule has 0 aromatic rings. The summed E-state index contributed by atoms with van der Waals surface area (Å²) in [4.78, 5) is 21.3. The van der Waals surface area contributed by atoms with Crippen LogP contribution in [-0.4, -0.2) is 54.2 Å². The molecule has 0 saturated carbocycles. The number of carbonyl (C=O) groups is 2. The minimum absolute atomic E-state index is 0.572. The van der Waals surface area contributed by atoms with Crippen molar-refractivity contribution in [2.45, 2.75) is 11.0 Å². The summed E-state index contributed by atoms with van der Waals surface area (Å²) >= 11 is 0. The fourth-order valence-electron chi connectivity index (χ4n) is 0.826. The Morgan fingerprint density at radius 3 is 1.84 bits per heavy atom. The van der Waals surface area contributed by atoms with Gasteiger partial charge in [0.05, 0.1) is 6.42 Å². The van der Waals surface area contributed by atoms with Crippen molar-refractivity contribution in [3.05, 3.63) is 12.2 Å². The van der Waals surface area contributed by atoms with Gasteiger partial charge in [-0.25, -0.2) is 4.79 Å². The van der Waals surface area contributed by atoms with Crippen LogP contribution in [-0.2, 0) is 34.6 Å². The molecule has 0 fully saturated rings. The number of hydrogen-bond donors (Lipinski definition) is 3. The monoisotopic (exact) mass is 318 g/mol. The molecular weight excluding hydrogens is 308 g/mol. The van der Waals surface area contributed by atoms with Crippen LogP contribution in [0.1, 0.15) is 6.42 Å². The molecular formula is C7H10O10S2. The van der Waals surface area contributed by atoms with Gasteiger partial charge in [-0.2, -0.15) is 16.8 Å². The lowest BCUT2D eigenvalue weighted by molar-refractivity contribution is -0.142. The van der Waals surface area contributed by atoms with Crippen molar-refractivity contribution in [3.63, 3.8) is 0 Å². The fourth-order valence-corrected chi connectivity index (χ4v) is 2.54. The van der Waals surface area contributed by atoms with Crippen LogP contribution < -0.4 is 0 Å². The fraction of sp³-hybridized carbons (Fsp3) is 0.429. The normalized spacial score (nSPS) is 12.2. The zero-order valence-corrected chi connectivity index (χ0v) is 10.8. The highest BCUT2D eigenvalue weighted by atomic mass is 32.3. The average molecular weight is 318 g/mol. The van der Waals surface area contributed by atoms with Gasteiger partial charge in [-0.1, -0.05) is 6.58 Å². The lowest BCUT2D eigenvalue weighted by Crippen LogP contribution is -2.35. The van der Waals surface area contributed by atoms with E-state index in [0.717, 1.165) is 0 Å². The summed E-state index contributed by atoms with van der Waals surface area (Å²) in [5, 5.41) is 8.33. The summed E-state index contributed by atoms with van der Waals surface area (Å²) in [5.74, 6) is -2.79. The quantitative estimate of drug-likeness (QED) is 0.289. The van der Waals surface area contributed by atoms with Gasteiger partial charge >= 0.3 is 11.9 Å². The van der Waals surface area contributed by atoms with E-state index in [1.807, 2.05) is 0 Å². The van der Waals surface area contributed by atoms with E-state index in [9.17, 15) is 26.4 Å². The standard InChI is InChI=1S/C7H10O10S2/c1-4(2-5(8)9)7(10)17-3-6(18(11,12)13)19(14,15)16/h6H,1-3H2,(H,8,9)(H,11,12,13)(H,14,15,16). The summed E-state index contributed by atoms with van der Waals surface area (Å²) in [5.41, 5.74) is -0.572. The second-order valence-electron chi connectivity index (χ2n) is 3.23. The van der Waals surface area contributed by atoms with Crippen LogP contribution in [0.2, 0.25) is 0 Å². The summed E-state index contributed by atoms with van der Waals surface area (Å²) < 4.78 is 61.0. The minimum Gasteiger partial charge on any atom is -0.481 e. The third-order valence-electron chi connectivity index (χ3n) is 1.67. The van der Waals surface area contributed by atoms with Crippen LogP contribution in [0.25, 0.3) is 0 Å². The molecule has 0 aliphatic heterocycles. The molecule has 0 aliphatic rings. The number of carboxylic acid groups (broad SMARTS) is 1. The molecule has 0 aromatic carbocycles. The van der Waals surface area contributed by atoms with Gasteiger partial charge in [0.15, 0.2) is 0 Å². The molecule has 0 saturated heterocycles. The van der Waals surface area contributed by atoms with Crippen LogP contribution in [0.4, 0.5) is 0 Å². The summed E-state index contributed by atoms with van der Waals surface area (Å²) in [6, 6.07) is 0. The predicted octanol–water partition coefficient (Wildman–Crippen LogP) is -1.34. The third kappa shape index (κ3) is 6.28. The van der Waals surface area contributed by atoms with Crippen LogP contribution in [0.15, 0.2) is 12.2 Å². The molecule has 0 bridgehead atoms. The Labute approximate surface area is 108 Å². The Kier molecular flexibility index (Phi) is 5.62. The van der Waals surface area contributed by atoms with Crippen molar-refractivity contribution < 1.29 is 45.4 Å². The SMILES string of the molecule is C=C(CC(=O)O)C(=O)OCC(S(=O)(=O)O)S(=O)(=O)O. The molecule has 0 aromatic heterocycles. The van der Waals surface area contributed by atoms with E-state index in [4.69, 9.17) is 14.2 Å². The second kappa shape index (κ2) is 6.10. The van der Waals surface area contributed by atoms with Crippen molar-refractivity contribution in [1.82, 2.24) is 0 Å². The van der Waals surface area contributed by atoms with Gasteiger partial charge < -0.3 is 9.84 Å². The first-order chi connectivity index (χ1) is 8.35. The van der Waals surface area contributed by atoms with E-state index in [1.165, 1.54) is 0 Å². The minimum atomic E-state index is -5.23. The molecule has 0 unspecified atom stereocenters. The first kappa shape index (κ1) is 17.5. The Morgan fingerprint density at radius 1 is 1.11 bits per heavy atom. The van der Waals surface area contributed by atoms with Gasteiger partial charge in [0.25, 0.3) is 20.2 Å². The molecule has 0 amide bonds. The Hall–Kier alpha value is -1.50. The molecule has 0 atom stereocenters. The van der Waals surface area contributed by atoms with Crippen molar-refractivity contribution in [2.24, 2.45) is 0 Å². The molecule has 0 radical (unpaired) electrons. The molecule has 0 rings (SSSR count).